The largest absolute Gasteiger partial charge is 0.459 e. The monoisotopic (exact) mass is 341 g/mol. The van der Waals surface area contributed by atoms with Gasteiger partial charge in [0.2, 0.25) is 0 Å². The predicted octanol–water partition coefficient (Wildman–Crippen LogP) is 4.41. The SMILES string of the molecule is CC(C)OC(=O)c1c(-c2ccccc2Cl)c(=O)[nH]c2ccccc12. The van der Waals surface area contributed by atoms with Crippen molar-refractivity contribution >= 4 is 28.5 Å². The maximum absolute atomic E-state index is 12.7. The van der Waals surface area contributed by atoms with Crippen LogP contribution in [0.4, 0.5) is 0 Å². The number of nitrogens with one attached hydrogen (secondary N) is 1. The quantitative estimate of drug-likeness (QED) is 0.718. The third-order valence-electron chi connectivity index (χ3n) is 3.61. The second-order valence-electron chi connectivity index (χ2n) is 5.68. The van der Waals surface area contributed by atoms with E-state index in [1.165, 1.54) is 0 Å². The number of carbonyl (C=O) groups is 1. The van der Waals surface area contributed by atoms with E-state index in [1.807, 2.05) is 6.07 Å². The third-order valence-corrected chi connectivity index (χ3v) is 3.94. The van der Waals surface area contributed by atoms with Gasteiger partial charge < -0.3 is 9.72 Å². The molecular formula is C19H16ClNO3. The second-order valence-corrected chi connectivity index (χ2v) is 6.09. The van der Waals surface area contributed by atoms with Gasteiger partial charge in [-0.25, -0.2) is 4.79 Å². The number of hydrogen-bond acceptors (Lipinski definition) is 3. The van der Waals surface area contributed by atoms with Crippen molar-refractivity contribution in [1.82, 2.24) is 4.98 Å². The summed E-state index contributed by atoms with van der Waals surface area (Å²) in [6.07, 6.45) is -0.297. The smallest absolute Gasteiger partial charge is 0.339 e. The molecule has 0 aliphatic rings. The molecule has 3 aromatic rings. The van der Waals surface area contributed by atoms with Crippen LogP contribution < -0.4 is 5.56 Å². The molecule has 1 heterocycles. The van der Waals surface area contributed by atoms with Crippen LogP contribution in [-0.2, 0) is 4.74 Å². The fourth-order valence-electron chi connectivity index (χ4n) is 2.65. The molecule has 24 heavy (non-hydrogen) atoms. The minimum absolute atomic E-state index is 0.227. The Balaban J connectivity index is 2.40. The van der Waals surface area contributed by atoms with Crippen molar-refractivity contribution in [2.45, 2.75) is 20.0 Å². The third kappa shape index (κ3) is 2.93. The number of benzene rings is 2. The average molecular weight is 342 g/mol. The lowest BCUT2D eigenvalue weighted by atomic mass is 9.97. The number of aromatic amines is 1. The summed E-state index contributed by atoms with van der Waals surface area (Å²) in [5.41, 5.74) is 1.16. The van der Waals surface area contributed by atoms with Gasteiger partial charge in [-0.1, -0.05) is 48.0 Å². The molecule has 3 rings (SSSR count). The van der Waals surface area contributed by atoms with E-state index in [0.29, 0.717) is 21.5 Å². The average Bonchev–Trinajstić information content (AvgIpc) is 2.53. The molecular weight excluding hydrogens is 326 g/mol. The minimum atomic E-state index is -0.540. The molecule has 0 fully saturated rings. The number of ether oxygens (including phenoxy) is 1. The van der Waals surface area contributed by atoms with Gasteiger partial charge in [0.25, 0.3) is 5.56 Å². The van der Waals surface area contributed by atoms with Gasteiger partial charge >= 0.3 is 5.97 Å². The van der Waals surface area contributed by atoms with Gasteiger partial charge in [0.05, 0.1) is 17.2 Å². The Morgan fingerprint density at radius 2 is 1.75 bits per heavy atom. The molecule has 5 heteroatoms. The van der Waals surface area contributed by atoms with Crippen LogP contribution in [0.5, 0.6) is 0 Å². The van der Waals surface area contributed by atoms with E-state index in [0.717, 1.165) is 0 Å². The molecule has 0 spiro atoms. The van der Waals surface area contributed by atoms with Gasteiger partial charge in [-0.3, -0.25) is 4.79 Å². The zero-order valence-corrected chi connectivity index (χ0v) is 14.1. The van der Waals surface area contributed by atoms with Gasteiger partial charge in [0, 0.05) is 21.5 Å². The van der Waals surface area contributed by atoms with E-state index >= 15 is 0 Å². The van der Waals surface area contributed by atoms with E-state index in [9.17, 15) is 9.59 Å². The molecule has 0 atom stereocenters. The predicted molar refractivity (Wildman–Crippen MR) is 95.6 cm³/mol. The first kappa shape index (κ1) is 16.3. The molecule has 0 aliphatic carbocycles. The summed E-state index contributed by atoms with van der Waals surface area (Å²) in [6.45, 7) is 3.53. The van der Waals surface area contributed by atoms with E-state index in [-0.39, 0.29) is 22.8 Å². The highest BCUT2D eigenvalue weighted by Gasteiger charge is 2.23. The first-order chi connectivity index (χ1) is 11.5. The molecule has 0 saturated carbocycles. The molecule has 0 saturated heterocycles. The number of rotatable bonds is 3. The molecule has 0 unspecified atom stereocenters. The van der Waals surface area contributed by atoms with Gasteiger partial charge in [-0.15, -0.1) is 0 Å². The van der Waals surface area contributed by atoms with Crippen LogP contribution in [-0.4, -0.2) is 17.1 Å². The first-order valence-corrected chi connectivity index (χ1v) is 7.97. The lowest BCUT2D eigenvalue weighted by molar-refractivity contribution is 0.0381. The van der Waals surface area contributed by atoms with Crippen LogP contribution in [0, 0.1) is 0 Å². The van der Waals surface area contributed by atoms with Gasteiger partial charge in [-0.05, 0) is 26.0 Å². The van der Waals surface area contributed by atoms with Crippen molar-refractivity contribution in [3.05, 3.63) is 69.5 Å². The Morgan fingerprint density at radius 3 is 2.46 bits per heavy atom. The zero-order valence-electron chi connectivity index (χ0n) is 13.3. The zero-order chi connectivity index (χ0) is 17.3. The number of pyridine rings is 1. The summed E-state index contributed by atoms with van der Waals surface area (Å²) in [4.78, 5) is 28.2. The Bertz CT molecular complexity index is 976. The van der Waals surface area contributed by atoms with Crippen molar-refractivity contribution < 1.29 is 9.53 Å². The lowest BCUT2D eigenvalue weighted by Crippen LogP contribution is -2.19. The normalized spacial score (nSPS) is 11.0. The van der Waals surface area contributed by atoms with Gasteiger partial charge in [0.1, 0.15) is 0 Å². The summed E-state index contributed by atoms with van der Waals surface area (Å²) in [6, 6.07) is 14.1. The molecule has 1 aromatic heterocycles. The summed E-state index contributed by atoms with van der Waals surface area (Å²) in [5, 5.41) is 1.02. The van der Waals surface area contributed by atoms with Crippen LogP contribution >= 0.6 is 11.6 Å². The van der Waals surface area contributed by atoms with Crippen LogP contribution in [0.1, 0.15) is 24.2 Å². The fourth-order valence-corrected chi connectivity index (χ4v) is 2.88. The van der Waals surface area contributed by atoms with E-state index in [1.54, 1.807) is 56.3 Å². The summed E-state index contributed by atoms with van der Waals surface area (Å²) >= 11 is 6.26. The number of carbonyl (C=O) groups excluding carboxylic acids is 1. The number of H-pyrrole nitrogens is 1. The Morgan fingerprint density at radius 1 is 1.08 bits per heavy atom. The Hall–Kier alpha value is -2.59. The Kier molecular flexibility index (Phi) is 4.40. The maximum atomic E-state index is 12.7. The molecule has 1 N–H and O–H groups in total. The van der Waals surface area contributed by atoms with Crippen LogP contribution in [0.15, 0.2) is 53.3 Å². The van der Waals surface area contributed by atoms with E-state index in [4.69, 9.17) is 16.3 Å². The number of fused-ring (bicyclic) bond motifs is 1. The van der Waals surface area contributed by atoms with Crippen LogP contribution in [0.25, 0.3) is 22.0 Å². The first-order valence-electron chi connectivity index (χ1n) is 7.60. The van der Waals surface area contributed by atoms with Crippen molar-refractivity contribution in [1.29, 1.82) is 0 Å². The summed E-state index contributed by atoms with van der Waals surface area (Å²) in [7, 11) is 0. The number of esters is 1. The van der Waals surface area contributed by atoms with Crippen LogP contribution in [0.3, 0.4) is 0 Å². The molecule has 0 aliphatic heterocycles. The standard InChI is InChI=1S/C19H16ClNO3/c1-11(2)24-19(23)17-13-8-4-6-10-15(13)21-18(22)16(17)12-7-3-5-9-14(12)20/h3-11H,1-2H3,(H,21,22). The maximum Gasteiger partial charge on any atom is 0.339 e. The molecule has 0 amide bonds. The second kappa shape index (κ2) is 6.49. The highest BCUT2D eigenvalue weighted by molar-refractivity contribution is 6.33. The number of aromatic nitrogens is 1. The van der Waals surface area contributed by atoms with E-state index in [2.05, 4.69) is 4.98 Å². The topological polar surface area (TPSA) is 59.2 Å². The molecule has 0 radical (unpaired) electrons. The summed E-state index contributed by atoms with van der Waals surface area (Å²) < 4.78 is 5.37. The summed E-state index contributed by atoms with van der Waals surface area (Å²) in [5.74, 6) is -0.540. The molecule has 2 aromatic carbocycles. The highest BCUT2D eigenvalue weighted by atomic mass is 35.5. The van der Waals surface area contributed by atoms with E-state index < -0.39 is 5.97 Å². The van der Waals surface area contributed by atoms with Crippen molar-refractivity contribution in [2.24, 2.45) is 0 Å². The molecule has 122 valence electrons. The van der Waals surface area contributed by atoms with Gasteiger partial charge in [-0.2, -0.15) is 0 Å². The van der Waals surface area contributed by atoms with Crippen molar-refractivity contribution in [2.75, 3.05) is 0 Å². The minimum Gasteiger partial charge on any atom is -0.459 e. The van der Waals surface area contributed by atoms with Crippen molar-refractivity contribution in [3.63, 3.8) is 0 Å². The fraction of sp³-hybridized carbons (Fsp3) is 0.158. The molecule has 0 bridgehead atoms. The van der Waals surface area contributed by atoms with Crippen LogP contribution in [0.2, 0.25) is 5.02 Å². The highest BCUT2D eigenvalue weighted by Crippen LogP contribution is 2.31. The number of halogens is 1. The molecule has 4 nitrogen and oxygen atoms in total. The lowest BCUT2D eigenvalue weighted by Gasteiger charge is -2.14. The Labute approximate surface area is 144 Å². The van der Waals surface area contributed by atoms with Gasteiger partial charge in [0.15, 0.2) is 0 Å². The van der Waals surface area contributed by atoms with Crippen molar-refractivity contribution in [3.8, 4) is 11.1 Å². The number of para-hydroxylation sites is 1. The number of hydrogen-bond donors (Lipinski definition) is 1.